The average Bonchev–Trinajstić information content (AvgIpc) is 2.30. The SMILES string of the molecule is CCOC(C)=O.NC(Cc1ccccc1)C(=O)O. The lowest BCUT2D eigenvalue weighted by molar-refractivity contribution is -0.140. The number of aliphatic carboxylic acids is 1. The van der Waals surface area contributed by atoms with Crippen molar-refractivity contribution in [2.75, 3.05) is 6.61 Å². The minimum atomic E-state index is -0.959. The summed E-state index contributed by atoms with van der Waals surface area (Å²) < 4.78 is 4.40. The van der Waals surface area contributed by atoms with Gasteiger partial charge in [-0.25, -0.2) is 0 Å². The van der Waals surface area contributed by atoms with Crippen molar-refractivity contribution >= 4 is 11.9 Å². The number of hydrogen-bond donors (Lipinski definition) is 2. The molecule has 0 heterocycles. The molecule has 1 unspecified atom stereocenters. The smallest absolute Gasteiger partial charge is 0.320 e. The summed E-state index contributed by atoms with van der Waals surface area (Å²) in [5.41, 5.74) is 6.30. The zero-order valence-corrected chi connectivity index (χ0v) is 10.6. The highest BCUT2D eigenvalue weighted by Crippen LogP contribution is 2.01. The summed E-state index contributed by atoms with van der Waals surface area (Å²) in [5, 5.41) is 8.52. The first-order chi connectivity index (χ1) is 8.47. The zero-order valence-electron chi connectivity index (χ0n) is 10.6. The van der Waals surface area contributed by atoms with Gasteiger partial charge in [-0.05, 0) is 18.9 Å². The third-order valence-corrected chi connectivity index (χ3v) is 1.96. The summed E-state index contributed by atoms with van der Waals surface area (Å²) in [6.07, 6.45) is 0.385. The predicted octanol–water partition coefficient (Wildman–Crippen LogP) is 1.21. The van der Waals surface area contributed by atoms with Gasteiger partial charge >= 0.3 is 11.9 Å². The molecule has 0 aliphatic heterocycles. The lowest BCUT2D eigenvalue weighted by Crippen LogP contribution is -2.32. The van der Waals surface area contributed by atoms with Gasteiger partial charge in [0, 0.05) is 6.92 Å². The maximum atomic E-state index is 10.4. The summed E-state index contributed by atoms with van der Waals surface area (Å²) >= 11 is 0. The molecule has 0 fully saturated rings. The molecule has 0 amide bonds. The fourth-order valence-electron chi connectivity index (χ4n) is 1.16. The van der Waals surface area contributed by atoms with Gasteiger partial charge in [-0.1, -0.05) is 30.3 Å². The molecule has 0 aliphatic carbocycles. The molecule has 18 heavy (non-hydrogen) atoms. The van der Waals surface area contributed by atoms with E-state index in [1.807, 2.05) is 30.3 Å². The molecule has 5 nitrogen and oxygen atoms in total. The standard InChI is InChI=1S/C9H11NO2.C4H8O2/c10-8(9(11)12)6-7-4-2-1-3-5-7;1-3-6-4(2)5/h1-5,8H,6,10H2,(H,11,12);3H2,1-2H3. The van der Waals surface area contributed by atoms with Crippen LogP contribution in [0.5, 0.6) is 0 Å². The van der Waals surface area contributed by atoms with Crippen LogP contribution in [0.1, 0.15) is 19.4 Å². The lowest BCUT2D eigenvalue weighted by atomic mass is 10.1. The molecule has 1 aromatic carbocycles. The van der Waals surface area contributed by atoms with Crippen molar-refractivity contribution in [2.24, 2.45) is 5.73 Å². The van der Waals surface area contributed by atoms with E-state index in [9.17, 15) is 9.59 Å². The Morgan fingerprint density at radius 1 is 1.33 bits per heavy atom. The first-order valence-electron chi connectivity index (χ1n) is 5.63. The van der Waals surface area contributed by atoms with Crippen LogP contribution in [0.15, 0.2) is 30.3 Å². The van der Waals surface area contributed by atoms with Gasteiger partial charge in [0.2, 0.25) is 0 Å². The maximum Gasteiger partial charge on any atom is 0.320 e. The van der Waals surface area contributed by atoms with Crippen LogP contribution >= 0.6 is 0 Å². The fourth-order valence-corrected chi connectivity index (χ4v) is 1.16. The summed E-state index contributed by atoms with van der Waals surface area (Å²) in [6, 6.07) is 8.54. The normalized spacial score (nSPS) is 10.8. The molecule has 0 radical (unpaired) electrons. The predicted molar refractivity (Wildman–Crippen MR) is 68.1 cm³/mol. The number of hydrogen-bond acceptors (Lipinski definition) is 4. The Morgan fingerprint density at radius 3 is 2.22 bits per heavy atom. The van der Waals surface area contributed by atoms with E-state index in [4.69, 9.17) is 10.8 Å². The van der Waals surface area contributed by atoms with E-state index in [-0.39, 0.29) is 5.97 Å². The van der Waals surface area contributed by atoms with Crippen LogP contribution in [0.2, 0.25) is 0 Å². The molecule has 0 bridgehead atoms. The van der Waals surface area contributed by atoms with Crippen molar-refractivity contribution in [3.8, 4) is 0 Å². The number of carboxylic acids is 1. The second-order valence-electron chi connectivity index (χ2n) is 3.56. The Hall–Kier alpha value is -1.88. The minimum absolute atomic E-state index is 0.211. The second kappa shape index (κ2) is 9.18. The number of esters is 1. The molecule has 0 aromatic heterocycles. The third kappa shape index (κ3) is 8.29. The third-order valence-electron chi connectivity index (χ3n) is 1.96. The van der Waals surface area contributed by atoms with Gasteiger partial charge in [0.1, 0.15) is 6.04 Å². The second-order valence-corrected chi connectivity index (χ2v) is 3.56. The van der Waals surface area contributed by atoms with Crippen LogP contribution in [0.3, 0.4) is 0 Å². The molecule has 1 aromatic rings. The number of rotatable bonds is 4. The van der Waals surface area contributed by atoms with Gasteiger partial charge in [-0.3, -0.25) is 9.59 Å². The number of ether oxygens (including phenoxy) is 1. The van der Waals surface area contributed by atoms with Crippen molar-refractivity contribution in [3.05, 3.63) is 35.9 Å². The van der Waals surface area contributed by atoms with Crippen LogP contribution in [-0.2, 0) is 20.7 Å². The van der Waals surface area contributed by atoms with E-state index in [1.165, 1.54) is 6.92 Å². The molecular formula is C13H19NO4. The summed E-state index contributed by atoms with van der Waals surface area (Å²) in [5.74, 6) is -1.17. The highest BCUT2D eigenvalue weighted by Gasteiger charge is 2.10. The van der Waals surface area contributed by atoms with Crippen LogP contribution in [0, 0.1) is 0 Å². The molecule has 1 rings (SSSR count). The molecule has 5 heteroatoms. The van der Waals surface area contributed by atoms with Crippen molar-refractivity contribution in [2.45, 2.75) is 26.3 Å². The number of carboxylic acid groups (broad SMARTS) is 1. The van der Waals surface area contributed by atoms with E-state index in [0.29, 0.717) is 13.0 Å². The maximum absolute atomic E-state index is 10.4. The Labute approximate surface area is 107 Å². The number of carbonyl (C=O) groups is 2. The largest absolute Gasteiger partial charge is 0.480 e. The zero-order chi connectivity index (χ0) is 14.0. The van der Waals surface area contributed by atoms with Crippen LogP contribution in [0.25, 0.3) is 0 Å². The van der Waals surface area contributed by atoms with Gasteiger partial charge in [0.15, 0.2) is 0 Å². The Balaban J connectivity index is 0.000000411. The molecule has 100 valence electrons. The van der Waals surface area contributed by atoms with Crippen molar-refractivity contribution in [1.29, 1.82) is 0 Å². The first-order valence-corrected chi connectivity index (χ1v) is 5.63. The van der Waals surface area contributed by atoms with Crippen molar-refractivity contribution < 1.29 is 19.4 Å². The molecule has 0 saturated heterocycles. The lowest BCUT2D eigenvalue weighted by Gasteiger charge is -2.04. The number of carbonyl (C=O) groups excluding carboxylic acids is 1. The first kappa shape index (κ1) is 16.1. The van der Waals surface area contributed by atoms with E-state index in [0.717, 1.165) is 5.56 Å². The van der Waals surface area contributed by atoms with Crippen LogP contribution in [-0.4, -0.2) is 29.7 Å². The summed E-state index contributed by atoms with van der Waals surface area (Å²) in [4.78, 5) is 20.2. The van der Waals surface area contributed by atoms with Gasteiger partial charge in [0.05, 0.1) is 6.61 Å². The number of nitrogens with two attached hydrogens (primary N) is 1. The summed E-state index contributed by atoms with van der Waals surface area (Å²) in [6.45, 7) is 3.65. The van der Waals surface area contributed by atoms with Gasteiger partial charge in [-0.2, -0.15) is 0 Å². The molecular weight excluding hydrogens is 234 g/mol. The van der Waals surface area contributed by atoms with Crippen LogP contribution in [0.4, 0.5) is 0 Å². The van der Waals surface area contributed by atoms with E-state index in [1.54, 1.807) is 6.92 Å². The van der Waals surface area contributed by atoms with Gasteiger partial charge < -0.3 is 15.6 Å². The minimum Gasteiger partial charge on any atom is -0.480 e. The van der Waals surface area contributed by atoms with Gasteiger partial charge in [0.25, 0.3) is 0 Å². The molecule has 0 saturated carbocycles. The van der Waals surface area contributed by atoms with Gasteiger partial charge in [-0.15, -0.1) is 0 Å². The van der Waals surface area contributed by atoms with E-state index >= 15 is 0 Å². The molecule has 3 N–H and O–H groups in total. The highest BCUT2D eigenvalue weighted by molar-refractivity contribution is 5.73. The highest BCUT2D eigenvalue weighted by atomic mass is 16.5. The quantitative estimate of drug-likeness (QED) is 0.787. The Kier molecular flexibility index (Phi) is 8.22. The Morgan fingerprint density at radius 2 is 1.89 bits per heavy atom. The van der Waals surface area contributed by atoms with Crippen molar-refractivity contribution in [1.82, 2.24) is 0 Å². The van der Waals surface area contributed by atoms with E-state index in [2.05, 4.69) is 4.74 Å². The van der Waals surface area contributed by atoms with Crippen molar-refractivity contribution in [3.63, 3.8) is 0 Å². The topological polar surface area (TPSA) is 89.6 Å². The fraction of sp³-hybridized carbons (Fsp3) is 0.385. The average molecular weight is 253 g/mol. The monoisotopic (exact) mass is 253 g/mol. The number of benzene rings is 1. The Bertz CT molecular complexity index is 365. The molecule has 0 aliphatic rings. The van der Waals surface area contributed by atoms with Crippen LogP contribution < -0.4 is 5.73 Å². The van der Waals surface area contributed by atoms with E-state index < -0.39 is 12.0 Å². The molecule has 1 atom stereocenters. The molecule has 0 spiro atoms. The summed E-state index contributed by atoms with van der Waals surface area (Å²) in [7, 11) is 0.